The monoisotopic (exact) mass is 419 g/mol. The zero-order valence-electron chi connectivity index (χ0n) is 16.7. The van der Waals surface area contributed by atoms with E-state index < -0.39 is 21.7 Å². The fraction of sp³-hybridized carbons (Fsp3) is 0.381. The number of hydrogen-bond acceptors (Lipinski definition) is 4. The van der Waals surface area contributed by atoms with E-state index in [-0.39, 0.29) is 6.54 Å². The number of para-hydroxylation sites is 1. The van der Waals surface area contributed by atoms with Gasteiger partial charge in [-0.3, -0.25) is 9.10 Å². The van der Waals surface area contributed by atoms with E-state index in [0.717, 1.165) is 54.2 Å². The molecule has 0 bridgehead atoms. The van der Waals surface area contributed by atoms with E-state index in [1.165, 1.54) is 12.1 Å². The van der Waals surface area contributed by atoms with Crippen molar-refractivity contribution < 1.29 is 17.6 Å². The van der Waals surface area contributed by atoms with Gasteiger partial charge < -0.3 is 10.2 Å². The first-order valence-electron chi connectivity index (χ1n) is 9.63. The number of rotatable bonds is 6. The molecule has 0 unspecified atom stereocenters. The minimum Gasteiger partial charge on any atom is -0.370 e. The molecule has 6 nitrogen and oxygen atoms in total. The van der Waals surface area contributed by atoms with Gasteiger partial charge in [0.25, 0.3) is 0 Å². The van der Waals surface area contributed by atoms with Crippen LogP contribution in [0, 0.1) is 12.7 Å². The highest BCUT2D eigenvalue weighted by atomic mass is 32.2. The quantitative estimate of drug-likeness (QED) is 0.778. The van der Waals surface area contributed by atoms with Crippen molar-refractivity contribution in [1.82, 2.24) is 0 Å². The lowest BCUT2D eigenvalue weighted by molar-refractivity contribution is -0.114. The Balaban J connectivity index is 1.84. The Labute approximate surface area is 171 Å². The molecule has 8 heteroatoms. The number of hydrogen-bond donors (Lipinski definition) is 1. The Morgan fingerprint density at radius 2 is 1.83 bits per heavy atom. The standard InChI is InChI=1S/C21H26FN3O3S/c1-16-8-4-5-9-19(16)25(29(2,27)28)15-21(26)23-18-14-17(22)10-11-20(18)24-12-6-3-7-13-24/h4-5,8-11,14H,3,6-7,12-13,15H2,1-2H3,(H,23,26). The van der Waals surface area contributed by atoms with Gasteiger partial charge in [0.2, 0.25) is 15.9 Å². The van der Waals surface area contributed by atoms with E-state index >= 15 is 0 Å². The van der Waals surface area contributed by atoms with Gasteiger partial charge in [-0.05, 0) is 56.0 Å². The first-order chi connectivity index (χ1) is 13.8. The van der Waals surface area contributed by atoms with Crippen LogP contribution < -0.4 is 14.5 Å². The van der Waals surface area contributed by atoms with Crippen LogP contribution in [0.25, 0.3) is 0 Å². The molecule has 2 aromatic rings. The zero-order valence-corrected chi connectivity index (χ0v) is 17.5. The lowest BCUT2D eigenvalue weighted by atomic mass is 10.1. The summed E-state index contributed by atoms with van der Waals surface area (Å²) in [5.41, 5.74) is 2.29. The average Bonchev–Trinajstić information content (AvgIpc) is 2.67. The number of benzene rings is 2. The predicted octanol–water partition coefficient (Wildman–Crippen LogP) is 3.53. The molecule has 2 aromatic carbocycles. The average molecular weight is 420 g/mol. The van der Waals surface area contributed by atoms with Crippen molar-refractivity contribution in [3.05, 3.63) is 53.8 Å². The second-order valence-electron chi connectivity index (χ2n) is 7.31. The van der Waals surface area contributed by atoms with Crippen molar-refractivity contribution in [1.29, 1.82) is 0 Å². The molecule has 29 heavy (non-hydrogen) atoms. The molecule has 3 rings (SSSR count). The van der Waals surface area contributed by atoms with Crippen molar-refractivity contribution in [2.75, 3.05) is 40.4 Å². The van der Waals surface area contributed by atoms with Crippen LogP contribution in [-0.4, -0.2) is 40.2 Å². The molecular weight excluding hydrogens is 393 g/mol. The third-order valence-electron chi connectivity index (χ3n) is 5.00. The van der Waals surface area contributed by atoms with E-state index in [0.29, 0.717) is 11.4 Å². The Morgan fingerprint density at radius 1 is 1.14 bits per heavy atom. The number of amides is 1. The highest BCUT2D eigenvalue weighted by Crippen LogP contribution is 2.30. The molecule has 1 fully saturated rings. The van der Waals surface area contributed by atoms with E-state index in [1.54, 1.807) is 37.3 Å². The lowest BCUT2D eigenvalue weighted by Crippen LogP contribution is -2.38. The van der Waals surface area contributed by atoms with Gasteiger partial charge in [-0.2, -0.15) is 0 Å². The largest absolute Gasteiger partial charge is 0.370 e. The SMILES string of the molecule is Cc1ccccc1N(CC(=O)Nc1cc(F)ccc1N1CCCCC1)S(C)(=O)=O. The van der Waals surface area contributed by atoms with Crippen molar-refractivity contribution >= 4 is 33.0 Å². The number of anilines is 3. The van der Waals surface area contributed by atoms with Gasteiger partial charge >= 0.3 is 0 Å². The van der Waals surface area contributed by atoms with Crippen LogP contribution in [0.5, 0.6) is 0 Å². The minimum atomic E-state index is -3.68. The molecule has 1 heterocycles. The molecule has 1 N–H and O–H groups in total. The summed E-state index contributed by atoms with van der Waals surface area (Å²) in [6, 6.07) is 11.3. The van der Waals surface area contributed by atoms with E-state index in [9.17, 15) is 17.6 Å². The van der Waals surface area contributed by atoms with E-state index in [1.807, 2.05) is 0 Å². The third kappa shape index (κ3) is 5.26. The number of carbonyl (C=O) groups excluding carboxylic acids is 1. The Morgan fingerprint density at radius 3 is 2.48 bits per heavy atom. The fourth-order valence-electron chi connectivity index (χ4n) is 3.56. The summed E-state index contributed by atoms with van der Waals surface area (Å²) in [5.74, 6) is -0.984. The van der Waals surface area contributed by atoms with Crippen molar-refractivity contribution in [2.24, 2.45) is 0 Å². The van der Waals surface area contributed by atoms with E-state index in [2.05, 4.69) is 10.2 Å². The van der Waals surface area contributed by atoms with Gasteiger partial charge in [-0.1, -0.05) is 18.2 Å². The summed E-state index contributed by atoms with van der Waals surface area (Å²) < 4.78 is 39.6. The Bertz CT molecular complexity index is 988. The normalized spacial score (nSPS) is 14.5. The van der Waals surface area contributed by atoms with Crippen LogP contribution in [0.4, 0.5) is 21.5 Å². The third-order valence-corrected chi connectivity index (χ3v) is 6.13. The number of halogens is 1. The number of sulfonamides is 1. The molecule has 0 saturated carbocycles. The number of carbonyl (C=O) groups is 1. The molecule has 1 aliphatic rings. The number of nitrogens with one attached hydrogen (secondary N) is 1. The summed E-state index contributed by atoms with van der Waals surface area (Å²) in [7, 11) is -3.68. The zero-order chi connectivity index (χ0) is 21.0. The fourth-order valence-corrected chi connectivity index (χ4v) is 4.48. The summed E-state index contributed by atoms with van der Waals surface area (Å²) in [5, 5.41) is 2.71. The second kappa shape index (κ2) is 8.82. The molecule has 1 aliphatic heterocycles. The number of nitrogens with zero attached hydrogens (tertiary/aromatic N) is 2. The van der Waals surface area contributed by atoms with Crippen LogP contribution >= 0.6 is 0 Å². The maximum Gasteiger partial charge on any atom is 0.245 e. The molecule has 0 atom stereocenters. The van der Waals surface area contributed by atoms with Gasteiger partial charge in [0.1, 0.15) is 12.4 Å². The second-order valence-corrected chi connectivity index (χ2v) is 9.22. The van der Waals surface area contributed by atoms with Crippen LogP contribution in [0.1, 0.15) is 24.8 Å². The minimum absolute atomic E-state index is 0.357. The number of aryl methyl sites for hydroxylation is 1. The van der Waals surface area contributed by atoms with Crippen LogP contribution in [0.3, 0.4) is 0 Å². The maximum atomic E-state index is 13.9. The molecule has 1 amide bonds. The van der Waals surface area contributed by atoms with Gasteiger partial charge in [-0.25, -0.2) is 12.8 Å². The maximum absolute atomic E-state index is 13.9. The van der Waals surface area contributed by atoms with Crippen LogP contribution in [0.2, 0.25) is 0 Å². The first kappa shape index (κ1) is 21.1. The molecule has 0 spiro atoms. The molecular formula is C21H26FN3O3S. The molecule has 0 aliphatic carbocycles. The van der Waals surface area contributed by atoms with Gasteiger partial charge in [-0.15, -0.1) is 0 Å². The van der Waals surface area contributed by atoms with Crippen LogP contribution in [-0.2, 0) is 14.8 Å². The van der Waals surface area contributed by atoms with Crippen molar-refractivity contribution in [3.8, 4) is 0 Å². The van der Waals surface area contributed by atoms with Gasteiger partial charge in [0.05, 0.1) is 23.3 Å². The summed E-state index contributed by atoms with van der Waals surface area (Å²) in [6.45, 7) is 3.08. The topological polar surface area (TPSA) is 69.7 Å². The highest BCUT2D eigenvalue weighted by Gasteiger charge is 2.23. The first-order valence-corrected chi connectivity index (χ1v) is 11.5. The lowest BCUT2D eigenvalue weighted by Gasteiger charge is -2.31. The molecule has 1 saturated heterocycles. The predicted molar refractivity (Wildman–Crippen MR) is 114 cm³/mol. The van der Waals surface area contributed by atoms with Gasteiger partial charge in [0.15, 0.2) is 0 Å². The number of piperidine rings is 1. The Kier molecular flexibility index (Phi) is 6.42. The highest BCUT2D eigenvalue weighted by molar-refractivity contribution is 7.92. The molecule has 0 aromatic heterocycles. The van der Waals surface area contributed by atoms with Crippen molar-refractivity contribution in [2.45, 2.75) is 26.2 Å². The Hall–Kier alpha value is -2.61. The smallest absolute Gasteiger partial charge is 0.245 e. The van der Waals surface area contributed by atoms with Crippen LogP contribution in [0.15, 0.2) is 42.5 Å². The summed E-state index contributed by atoms with van der Waals surface area (Å²) >= 11 is 0. The summed E-state index contributed by atoms with van der Waals surface area (Å²) in [6.07, 6.45) is 4.30. The van der Waals surface area contributed by atoms with E-state index in [4.69, 9.17) is 0 Å². The summed E-state index contributed by atoms with van der Waals surface area (Å²) in [4.78, 5) is 14.9. The van der Waals surface area contributed by atoms with Gasteiger partial charge in [0, 0.05) is 13.1 Å². The molecule has 156 valence electrons. The van der Waals surface area contributed by atoms with Crippen molar-refractivity contribution in [3.63, 3.8) is 0 Å². The molecule has 0 radical (unpaired) electrons.